The molecule has 0 unspecified atom stereocenters. The fourth-order valence-corrected chi connectivity index (χ4v) is 1.20. The molecule has 2 N–H and O–H groups in total. The van der Waals surface area contributed by atoms with Gasteiger partial charge in [0.25, 0.3) is 0 Å². The summed E-state index contributed by atoms with van der Waals surface area (Å²) in [7, 11) is 0. The van der Waals surface area contributed by atoms with Gasteiger partial charge in [-0.3, -0.25) is 0 Å². The maximum atomic E-state index is 5.35. The third kappa shape index (κ3) is 2.37. The van der Waals surface area contributed by atoms with Crippen molar-refractivity contribution in [2.24, 2.45) is 11.7 Å². The highest BCUT2D eigenvalue weighted by molar-refractivity contribution is 5.85. The van der Waals surface area contributed by atoms with Crippen molar-refractivity contribution in [1.82, 2.24) is 0 Å². The van der Waals surface area contributed by atoms with Gasteiger partial charge in [0.1, 0.15) is 0 Å². The molecular formula is C7H14ClN. The van der Waals surface area contributed by atoms with Crippen LogP contribution in [0.4, 0.5) is 0 Å². The monoisotopic (exact) mass is 147 g/mol. The van der Waals surface area contributed by atoms with Crippen LogP contribution in [0.25, 0.3) is 0 Å². The van der Waals surface area contributed by atoms with E-state index in [2.05, 4.69) is 6.58 Å². The van der Waals surface area contributed by atoms with Gasteiger partial charge in [-0.1, -0.05) is 12.2 Å². The smallest absolute Gasteiger partial charge is 0.00744 e. The summed E-state index contributed by atoms with van der Waals surface area (Å²) in [6, 6.07) is 0. The SMILES string of the molecule is C=C1CC(CCN)C1.Cl. The van der Waals surface area contributed by atoms with E-state index in [-0.39, 0.29) is 12.4 Å². The highest BCUT2D eigenvalue weighted by Crippen LogP contribution is 2.33. The van der Waals surface area contributed by atoms with Crippen molar-refractivity contribution in [3.63, 3.8) is 0 Å². The molecule has 0 heterocycles. The number of rotatable bonds is 2. The topological polar surface area (TPSA) is 26.0 Å². The van der Waals surface area contributed by atoms with E-state index in [1.165, 1.54) is 24.8 Å². The number of nitrogens with two attached hydrogens (primary N) is 1. The van der Waals surface area contributed by atoms with E-state index < -0.39 is 0 Å². The van der Waals surface area contributed by atoms with Crippen LogP contribution in [-0.4, -0.2) is 6.54 Å². The Hall–Kier alpha value is -0.0100. The molecule has 0 amide bonds. The highest BCUT2D eigenvalue weighted by atomic mass is 35.5. The van der Waals surface area contributed by atoms with Crippen LogP contribution in [0, 0.1) is 5.92 Å². The second-order valence-electron chi connectivity index (χ2n) is 2.60. The molecule has 1 aliphatic rings. The predicted molar refractivity (Wildman–Crippen MR) is 42.8 cm³/mol. The van der Waals surface area contributed by atoms with Gasteiger partial charge in [-0.25, -0.2) is 0 Å². The Morgan fingerprint density at radius 1 is 1.56 bits per heavy atom. The molecule has 0 aliphatic heterocycles. The molecule has 0 spiro atoms. The number of hydrogen-bond acceptors (Lipinski definition) is 1. The fraction of sp³-hybridized carbons (Fsp3) is 0.714. The summed E-state index contributed by atoms with van der Waals surface area (Å²) in [5, 5.41) is 0. The molecule has 1 rings (SSSR count). The van der Waals surface area contributed by atoms with Crippen LogP contribution in [0.15, 0.2) is 12.2 Å². The molecule has 0 atom stereocenters. The lowest BCUT2D eigenvalue weighted by Crippen LogP contribution is -2.17. The average Bonchev–Trinajstić information content (AvgIpc) is 1.64. The first-order valence-electron chi connectivity index (χ1n) is 3.19. The molecular weight excluding hydrogens is 134 g/mol. The van der Waals surface area contributed by atoms with Crippen LogP contribution in [0.5, 0.6) is 0 Å². The minimum absolute atomic E-state index is 0. The van der Waals surface area contributed by atoms with Crippen molar-refractivity contribution in [3.05, 3.63) is 12.2 Å². The number of allylic oxidation sites excluding steroid dienone is 1. The molecule has 0 radical (unpaired) electrons. The minimum Gasteiger partial charge on any atom is -0.330 e. The summed E-state index contributed by atoms with van der Waals surface area (Å²) in [6.07, 6.45) is 3.66. The molecule has 2 heteroatoms. The van der Waals surface area contributed by atoms with Crippen LogP contribution in [0.1, 0.15) is 19.3 Å². The Morgan fingerprint density at radius 3 is 2.44 bits per heavy atom. The summed E-state index contributed by atoms with van der Waals surface area (Å²) >= 11 is 0. The van der Waals surface area contributed by atoms with E-state index in [0.29, 0.717) is 0 Å². The van der Waals surface area contributed by atoms with Gasteiger partial charge in [0.2, 0.25) is 0 Å². The molecule has 9 heavy (non-hydrogen) atoms. The second kappa shape index (κ2) is 3.91. The Kier molecular flexibility index (Phi) is 3.91. The van der Waals surface area contributed by atoms with Crippen LogP contribution < -0.4 is 5.73 Å². The van der Waals surface area contributed by atoms with E-state index in [0.717, 1.165) is 12.5 Å². The highest BCUT2D eigenvalue weighted by Gasteiger charge is 2.19. The minimum atomic E-state index is 0. The Balaban J connectivity index is 0.000000640. The van der Waals surface area contributed by atoms with Gasteiger partial charge in [0, 0.05) is 0 Å². The molecule has 1 saturated carbocycles. The van der Waals surface area contributed by atoms with Crippen molar-refractivity contribution < 1.29 is 0 Å². The zero-order chi connectivity index (χ0) is 5.98. The summed E-state index contributed by atoms with van der Waals surface area (Å²) in [5.41, 5.74) is 6.76. The van der Waals surface area contributed by atoms with E-state index in [1.54, 1.807) is 0 Å². The number of hydrogen-bond donors (Lipinski definition) is 1. The largest absolute Gasteiger partial charge is 0.330 e. The molecule has 54 valence electrons. The van der Waals surface area contributed by atoms with E-state index >= 15 is 0 Å². The zero-order valence-corrected chi connectivity index (χ0v) is 6.41. The normalized spacial score (nSPS) is 18.6. The molecule has 0 saturated heterocycles. The molecule has 0 bridgehead atoms. The Labute approximate surface area is 62.7 Å². The van der Waals surface area contributed by atoms with Gasteiger partial charge in [-0.2, -0.15) is 0 Å². The van der Waals surface area contributed by atoms with Crippen molar-refractivity contribution in [1.29, 1.82) is 0 Å². The maximum Gasteiger partial charge on any atom is -0.00744 e. The van der Waals surface area contributed by atoms with Gasteiger partial charge >= 0.3 is 0 Å². The predicted octanol–water partition coefficient (Wildman–Crippen LogP) is 1.72. The fourth-order valence-electron chi connectivity index (χ4n) is 1.20. The summed E-state index contributed by atoms with van der Waals surface area (Å²) in [5.74, 6) is 0.882. The summed E-state index contributed by atoms with van der Waals surface area (Å²) in [6.45, 7) is 4.70. The first-order chi connectivity index (χ1) is 3.83. The van der Waals surface area contributed by atoms with Crippen molar-refractivity contribution >= 4 is 12.4 Å². The van der Waals surface area contributed by atoms with Crippen molar-refractivity contribution in [2.75, 3.05) is 6.54 Å². The lowest BCUT2D eigenvalue weighted by atomic mass is 9.79. The van der Waals surface area contributed by atoms with Gasteiger partial charge in [-0.05, 0) is 31.7 Å². The van der Waals surface area contributed by atoms with Crippen LogP contribution >= 0.6 is 12.4 Å². The average molecular weight is 148 g/mol. The molecule has 1 nitrogen and oxygen atoms in total. The second-order valence-corrected chi connectivity index (χ2v) is 2.60. The summed E-state index contributed by atoms with van der Waals surface area (Å²) in [4.78, 5) is 0. The van der Waals surface area contributed by atoms with Gasteiger partial charge in [-0.15, -0.1) is 12.4 Å². The molecule has 0 aromatic carbocycles. The van der Waals surface area contributed by atoms with Crippen LogP contribution in [-0.2, 0) is 0 Å². The van der Waals surface area contributed by atoms with Gasteiger partial charge < -0.3 is 5.73 Å². The van der Waals surface area contributed by atoms with Gasteiger partial charge in [0.15, 0.2) is 0 Å². The third-order valence-electron chi connectivity index (χ3n) is 1.73. The molecule has 1 fully saturated rings. The standard InChI is InChI=1S/C7H13N.ClH/c1-6-4-7(5-6)2-3-8;/h7H,1-5,8H2;1H. The van der Waals surface area contributed by atoms with Gasteiger partial charge in [0.05, 0.1) is 0 Å². The first kappa shape index (κ1) is 8.99. The lowest BCUT2D eigenvalue weighted by molar-refractivity contribution is 0.396. The van der Waals surface area contributed by atoms with Crippen LogP contribution in [0.3, 0.4) is 0 Å². The van der Waals surface area contributed by atoms with E-state index in [1.807, 2.05) is 0 Å². The quantitative estimate of drug-likeness (QED) is 0.592. The van der Waals surface area contributed by atoms with E-state index in [4.69, 9.17) is 5.73 Å². The zero-order valence-electron chi connectivity index (χ0n) is 5.60. The lowest BCUT2D eigenvalue weighted by Gasteiger charge is -2.27. The maximum absolute atomic E-state index is 5.35. The third-order valence-corrected chi connectivity index (χ3v) is 1.73. The molecule has 0 aromatic heterocycles. The molecule has 0 aromatic rings. The van der Waals surface area contributed by atoms with E-state index in [9.17, 15) is 0 Å². The first-order valence-corrected chi connectivity index (χ1v) is 3.19. The Bertz CT molecular complexity index is 93.1. The molecule has 1 aliphatic carbocycles. The Morgan fingerprint density at radius 2 is 2.11 bits per heavy atom. The summed E-state index contributed by atoms with van der Waals surface area (Å²) < 4.78 is 0. The number of halogens is 1. The van der Waals surface area contributed by atoms with Crippen molar-refractivity contribution in [2.45, 2.75) is 19.3 Å². The van der Waals surface area contributed by atoms with Crippen molar-refractivity contribution in [3.8, 4) is 0 Å². The van der Waals surface area contributed by atoms with Crippen LogP contribution in [0.2, 0.25) is 0 Å².